The monoisotopic (exact) mass is 331 g/mol. The molecule has 0 bridgehead atoms. The van der Waals surface area contributed by atoms with E-state index in [0.29, 0.717) is 12.0 Å². The highest BCUT2D eigenvalue weighted by atomic mass is 15.3. The fourth-order valence-corrected chi connectivity index (χ4v) is 3.55. The second-order valence-corrected chi connectivity index (χ2v) is 6.69. The van der Waals surface area contributed by atoms with E-state index in [-0.39, 0.29) is 0 Å². The molecule has 0 amide bonds. The largest absolute Gasteiger partial charge is 0.323 e. The Morgan fingerprint density at radius 1 is 1.08 bits per heavy atom. The van der Waals surface area contributed by atoms with Crippen molar-refractivity contribution in [2.45, 2.75) is 33.2 Å². The van der Waals surface area contributed by atoms with Crippen LogP contribution in [0.15, 0.2) is 48.7 Å². The van der Waals surface area contributed by atoms with Gasteiger partial charge in [-0.15, -0.1) is 5.10 Å². The van der Waals surface area contributed by atoms with Crippen LogP contribution in [0.5, 0.6) is 0 Å². The Morgan fingerprint density at radius 3 is 2.64 bits per heavy atom. The van der Waals surface area contributed by atoms with Crippen LogP contribution in [0.25, 0.3) is 0 Å². The summed E-state index contributed by atoms with van der Waals surface area (Å²) in [7, 11) is 0. The zero-order valence-electron chi connectivity index (χ0n) is 14.7. The Labute approximate surface area is 147 Å². The normalized spacial score (nSPS) is 16.0. The molecule has 126 valence electrons. The third-order valence-electron chi connectivity index (χ3n) is 4.48. The van der Waals surface area contributed by atoms with Crippen molar-refractivity contribution in [3.05, 3.63) is 65.4 Å². The number of aryl methyl sites for hydroxylation is 2. The average Bonchev–Trinajstić information content (AvgIpc) is 2.90. The minimum Gasteiger partial charge on any atom is -0.323 e. The Hall–Kier alpha value is -2.95. The molecule has 0 spiro atoms. The summed E-state index contributed by atoms with van der Waals surface area (Å²) in [5.41, 5.74) is 5.93. The van der Waals surface area contributed by atoms with Crippen LogP contribution in [0.1, 0.15) is 23.6 Å². The number of hydrogen-bond donors (Lipinski definition) is 1. The Balaban J connectivity index is 1.66. The molecule has 1 unspecified atom stereocenters. The maximum atomic E-state index is 4.70. The van der Waals surface area contributed by atoms with E-state index in [4.69, 9.17) is 4.98 Å². The zero-order chi connectivity index (χ0) is 17.4. The molecule has 25 heavy (non-hydrogen) atoms. The van der Waals surface area contributed by atoms with Gasteiger partial charge in [-0.05, 0) is 62.1 Å². The van der Waals surface area contributed by atoms with E-state index >= 15 is 0 Å². The molecule has 0 aliphatic carbocycles. The number of nitrogens with zero attached hydrogens (tertiary/aromatic N) is 4. The maximum Gasteiger partial charge on any atom is 0.249 e. The lowest BCUT2D eigenvalue weighted by atomic mass is 10.1. The van der Waals surface area contributed by atoms with Gasteiger partial charge in [0.05, 0.1) is 6.20 Å². The van der Waals surface area contributed by atoms with E-state index in [1.165, 1.54) is 22.4 Å². The molecule has 0 fully saturated rings. The molecule has 1 N–H and O–H groups in total. The minimum absolute atomic E-state index is 0.350. The highest BCUT2D eigenvalue weighted by molar-refractivity contribution is 5.69. The van der Waals surface area contributed by atoms with Crippen molar-refractivity contribution in [1.29, 1.82) is 0 Å². The van der Waals surface area contributed by atoms with E-state index in [9.17, 15) is 0 Å². The van der Waals surface area contributed by atoms with E-state index in [1.807, 2.05) is 0 Å². The van der Waals surface area contributed by atoms with Gasteiger partial charge in [-0.1, -0.05) is 24.3 Å². The van der Waals surface area contributed by atoms with Gasteiger partial charge in [0, 0.05) is 17.4 Å². The lowest BCUT2D eigenvalue weighted by Crippen LogP contribution is -2.25. The number of rotatable bonds is 3. The summed E-state index contributed by atoms with van der Waals surface area (Å²) in [6, 6.07) is 15.1. The molecule has 0 radical (unpaired) electrons. The first-order valence-corrected chi connectivity index (χ1v) is 8.52. The average molecular weight is 331 g/mol. The molecule has 1 aromatic heterocycles. The first-order valence-electron chi connectivity index (χ1n) is 8.52. The second kappa shape index (κ2) is 6.16. The number of aromatic nitrogens is 3. The number of para-hydroxylation sites is 1. The number of fused-ring (bicyclic) bond motifs is 1. The van der Waals surface area contributed by atoms with E-state index < -0.39 is 0 Å². The van der Waals surface area contributed by atoms with Crippen molar-refractivity contribution in [2.24, 2.45) is 0 Å². The molecule has 5 nitrogen and oxygen atoms in total. The molecular weight excluding hydrogens is 310 g/mol. The molecule has 0 saturated carbocycles. The fourth-order valence-electron chi connectivity index (χ4n) is 3.55. The van der Waals surface area contributed by atoms with Gasteiger partial charge in [-0.25, -0.2) is 0 Å². The molecule has 1 atom stereocenters. The first-order chi connectivity index (χ1) is 12.1. The highest BCUT2D eigenvalue weighted by Crippen LogP contribution is 2.37. The van der Waals surface area contributed by atoms with Crippen molar-refractivity contribution in [3.8, 4) is 0 Å². The predicted molar refractivity (Wildman–Crippen MR) is 101 cm³/mol. The summed E-state index contributed by atoms with van der Waals surface area (Å²) in [4.78, 5) is 6.93. The van der Waals surface area contributed by atoms with Gasteiger partial charge in [0.15, 0.2) is 5.82 Å². The predicted octanol–water partition coefficient (Wildman–Crippen LogP) is 4.31. The summed E-state index contributed by atoms with van der Waals surface area (Å²) < 4.78 is 0. The van der Waals surface area contributed by atoms with Crippen molar-refractivity contribution < 1.29 is 0 Å². The zero-order valence-corrected chi connectivity index (χ0v) is 14.7. The van der Waals surface area contributed by atoms with E-state index in [0.717, 1.165) is 17.9 Å². The molecule has 1 aliphatic heterocycles. The van der Waals surface area contributed by atoms with Crippen LogP contribution in [-0.4, -0.2) is 21.2 Å². The summed E-state index contributed by atoms with van der Waals surface area (Å²) in [5.74, 6) is 1.33. The number of nitrogens with one attached hydrogen (secondary N) is 1. The number of hydrogen-bond acceptors (Lipinski definition) is 5. The van der Waals surface area contributed by atoms with Gasteiger partial charge in [0.1, 0.15) is 0 Å². The fraction of sp³-hybridized carbons (Fsp3) is 0.250. The molecule has 0 saturated heterocycles. The van der Waals surface area contributed by atoms with Gasteiger partial charge >= 0.3 is 0 Å². The molecule has 3 aromatic rings. The summed E-state index contributed by atoms with van der Waals surface area (Å²) in [6.07, 6.45) is 2.74. The highest BCUT2D eigenvalue weighted by Gasteiger charge is 2.28. The van der Waals surface area contributed by atoms with Crippen LogP contribution in [0.2, 0.25) is 0 Å². The van der Waals surface area contributed by atoms with Crippen LogP contribution in [-0.2, 0) is 6.42 Å². The molecule has 2 heterocycles. The van der Waals surface area contributed by atoms with Gasteiger partial charge in [0.25, 0.3) is 0 Å². The second-order valence-electron chi connectivity index (χ2n) is 6.69. The number of anilines is 4. The van der Waals surface area contributed by atoms with Crippen molar-refractivity contribution in [1.82, 2.24) is 15.2 Å². The summed E-state index contributed by atoms with van der Waals surface area (Å²) >= 11 is 0. The Bertz CT molecular complexity index is 901. The van der Waals surface area contributed by atoms with Crippen LogP contribution in [0.3, 0.4) is 0 Å². The molecular formula is C20H21N5. The quantitative estimate of drug-likeness (QED) is 0.775. The smallest absolute Gasteiger partial charge is 0.249 e. The topological polar surface area (TPSA) is 53.9 Å². The van der Waals surface area contributed by atoms with Crippen molar-refractivity contribution in [3.63, 3.8) is 0 Å². The molecule has 1 aliphatic rings. The lowest BCUT2D eigenvalue weighted by molar-refractivity contribution is 0.745. The van der Waals surface area contributed by atoms with Gasteiger partial charge in [-0.2, -0.15) is 10.1 Å². The summed E-state index contributed by atoms with van der Waals surface area (Å²) in [6.45, 7) is 6.37. The van der Waals surface area contributed by atoms with E-state index in [2.05, 4.69) is 83.6 Å². The van der Waals surface area contributed by atoms with Crippen LogP contribution in [0, 0.1) is 13.8 Å². The first kappa shape index (κ1) is 15.6. The standard InChI is InChI=1S/C20H21N5/c1-13-8-14(2)10-17(9-13)22-20-23-19(12-21-24-20)25-15(3)11-16-6-4-5-7-18(16)25/h4-10,12,15H,11H2,1-3H3,(H,22,23,24). The van der Waals surface area contributed by atoms with Crippen LogP contribution < -0.4 is 10.2 Å². The van der Waals surface area contributed by atoms with Crippen molar-refractivity contribution in [2.75, 3.05) is 10.2 Å². The number of benzene rings is 2. The van der Waals surface area contributed by atoms with Gasteiger partial charge in [0.2, 0.25) is 5.95 Å². The van der Waals surface area contributed by atoms with Gasteiger partial charge in [-0.3, -0.25) is 0 Å². The minimum atomic E-state index is 0.350. The summed E-state index contributed by atoms with van der Waals surface area (Å²) in [5, 5.41) is 11.6. The van der Waals surface area contributed by atoms with Crippen molar-refractivity contribution >= 4 is 23.1 Å². The molecule has 4 rings (SSSR count). The third-order valence-corrected chi connectivity index (χ3v) is 4.48. The molecule has 2 aromatic carbocycles. The maximum absolute atomic E-state index is 4.70. The van der Waals surface area contributed by atoms with Crippen LogP contribution in [0.4, 0.5) is 23.1 Å². The van der Waals surface area contributed by atoms with E-state index in [1.54, 1.807) is 6.20 Å². The van der Waals surface area contributed by atoms with Gasteiger partial charge < -0.3 is 10.2 Å². The van der Waals surface area contributed by atoms with Crippen LogP contribution >= 0.6 is 0 Å². The third kappa shape index (κ3) is 3.05. The SMILES string of the molecule is Cc1cc(C)cc(Nc2nncc(N3c4ccccc4CC3C)n2)c1. The Morgan fingerprint density at radius 2 is 1.84 bits per heavy atom. The Kier molecular flexibility index (Phi) is 3.84. The molecule has 5 heteroatoms. The lowest BCUT2D eigenvalue weighted by Gasteiger charge is -2.23.